The third-order valence-electron chi connectivity index (χ3n) is 8.41. The van der Waals surface area contributed by atoms with Crippen molar-refractivity contribution in [2.45, 2.75) is 207 Å². The molecule has 0 aliphatic rings. The van der Waals surface area contributed by atoms with E-state index >= 15 is 0 Å². The van der Waals surface area contributed by atoms with E-state index < -0.39 is 24.9 Å². The lowest BCUT2D eigenvalue weighted by molar-refractivity contribution is -0.140. The summed E-state index contributed by atoms with van der Waals surface area (Å²) in [5, 5.41) is 44.5. The van der Waals surface area contributed by atoms with Crippen LogP contribution in [0.25, 0.3) is 0 Å². The van der Waals surface area contributed by atoms with E-state index in [1.807, 2.05) is 9.80 Å². The minimum atomic E-state index is -0.702. The zero-order valence-corrected chi connectivity index (χ0v) is 27.4. The van der Waals surface area contributed by atoms with Crippen LogP contribution in [0, 0.1) is 0 Å². The molecular formula is C34H72N2O4. The molecule has 0 radical (unpaired) electrons. The van der Waals surface area contributed by atoms with E-state index in [0.29, 0.717) is 38.8 Å². The van der Waals surface area contributed by atoms with Gasteiger partial charge in [0, 0.05) is 13.1 Å². The summed E-state index contributed by atoms with van der Waals surface area (Å²) in [4.78, 5) is 3.66. The molecule has 0 aromatic carbocycles. The summed E-state index contributed by atoms with van der Waals surface area (Å²) in [7, 11) is 0. The number of nitrogens with zero attached hydrogens (tertiary/aromatic N) is 2. The van der Waals surface area contributed by atoms with Crippen LogP contribution in [0.3, 0.4) is 0 Å². The zero-order valence-electron chi connectivity index (χ0n) is 27.4. The molecule has 0 aliphatic heterocycles. The molecule has 0 bridgehead atoms. The molecule has 0 fully saturated rings. The molecule has 0 aromatic rings. The van der Waals surface area contributed by atoms with Gasteiger partial charge in [0.2, 0.25) is 0 Å². The molecule has 0 rings (SSSR count). The van der Waals surface area contributed by atoms with E-state index in [0.717, 1.165) is 51.4 Å². The first kappa shape index (κ1) is 39.8. The first-order valence-corrected chi connectivity index (χ1v) is 17.7. The van der Waals surface area contributed by atoms with Gasteiger partial charge in [-0.2, -0.15) is 0 Å². The maximum atomic E-state index is 11.1. The van der Waals surface area contributed by atoms with Crippen molar-refractivity contribution < 1.29 is 20.4 Å². The van der Waals surface area contributed by atoms with Gasteiger partial charge in [-0.05, 0) is 51.4 Å². The summed E-state index contributed by atoms with van der Waals surface area (Å²) >= 11 is 0. The number of unbranched alkanes of at least 4 members (excludes halogenated alkanes) is 16. The third kappa shape index (κ3) is 21.5. The second-order valence-electron chi connectivity index (χ2n) is 12.2. The number of aliphatic hydroxyl groups is 4. The predicted octanol–water partition coefficient (Wildman–Crippen LogP) is 8.31. The highest BCUT2D eigenvalue weighted by molar-refractivity contribution is 4.73. The van der Waals surface area contributed by atoms with Crippen LogP contribution in [0.15, 0.2) is 0 Å². The minimum absolute atomic E-state index is 0.437. The lowest BCUT2D eigenvalue weighted by Gasteiger charge is -2.37. The molecule has 6 heteroatoms. The fourth-order valence-electron chi connectivity index (χ4n) is 5.61. The van der Waals surface area contributed by atoms with E-state index in [2.05, 4.69) is 27.7 Å². The number of aliphatic hydroxyl groups excluding tert-OH is 4. The monoisotopic (exact) mass is 573 g/mol. The van der Waals surface area contributed by atoms with Gasteiger partial charge < -0.3 is 20.4 Å². The van der Waals surface area contributed by atoms with Crippen molar-refractivity contribution in [2.24, 2.45) is 0 Å². The van der Waals surface area contributed by atoms with Gasteiger partial charge in [-0.15, -0.1) is 0 Å². The van der Waals surface area contributed by atoms with Gasteiger partial charge in [-0.3, -0.25) is 9.80 Å². The van der Waals surface area contributed by atoms with Crippen LogP contribution in [-0.2, 0) is 0 Å². The van der Waals surface area contributed by atoms with Gasteiger partial charge in [0.15, 0.2) is 0 Å². The average molecular weight is 573 g/mol. The molecular weight excluding hydrogens is 500 g/mol. The number of rotatable bonds is 31. The van der Waals surface area contributed by atoms with E-state index in [9.17, 15) is 20.4 Å². The summed E-state index contributed by atoms with van der Waals surface area (Å²) in [6.45, 7) is 9.70. The lowest BCUT2D eigenvalue weighted by atomic mass is 10.1. The summed E-state index contributed by atoms with van der Waals surface area (Å²) in [6, 6.07) is 0. The van der Waals surface area contributed by atoms with Crippen molar-refractivity contribution in [1.29, 1.82) is 0 Å². The van der Waals surface area contributed by atoms with E-state index in [-0.39, 0.29) is 0 Å². The molecule has 6 nitrogen and oxygen atoms in total. The second kappa shape index (κ2) is 28.9. The molecule has 242 valence electrons. The molecule has 4 unspecified atom stereocenters. The Labute approximate surface area is 249 Å². The first-order valence-electron chi connectivity index (χ1n) is 17.7. The molecule has 40 heavy (non-hydrogen) atoms. The molecule has 0 heterocycles. The van der Waals surface area contributed by atoms with Crippen molar-refractivity contribution in [3.63, 3.8) is 0 Å². The van der Waals surface area contributed by atoms with Crippen molar-refractivity contribution in [3.8, 4) is 0 Å². The Hall–Kier alpha value is -0.240. The molecule has 0 saturated carbocycles. The van der Waals surface area contributed by atoms with Crippen molar-refractivity contribution in [3.05, 3.63) is 0 Å². The van der Waals surface area contributed by atoms with Gasteiger partial charge in [0.25, 0.3) is 0 Å². The smallest absolute Gasteiger partial charge is 0.109 e. The Kier molecular flexibility index (Phi) is 28.7. The summed E-state index contributed by atoms with van der Waals surface area (Å²) in [6.07, 6.45) is 22.4. The first-order chi connectivity index (χ1) is 19.4. The van der Waals surface area contributed by atoms with Crippen molar-refractivity contribution >= 4 is 0 Å². The molecule has 4 N–H and O–H groups in total. The predicted molar refractivity (Wildman–Crippen MR) is 171 cm³/mol. The SMILES string of the molecule is CCCCCCCC(O)N(CCN(C(O)CCCCCCC)C(O)CCCCCCC)C(O)CCCCCCC. The number of hydrogen-bond donors (Lipinski definition) is 4. The molecule has 0 aromatic heterocycles. The van der Waals surface area contributed by atoms with Crippen LogP contribution in [-0.4, -0.2) is 68.2 Å². The highest BCUT2D eigenvalue weighted by Gasteiger charge is 2.27. The van der Waals surface area contributed by atoms with Crippen LogP contribution in [0.1, 0.15) is 182 Å². The fraction of sp³-hybridized carbons (Fsp3) is 1.00. The summed E-state index contributed by atoms with van der Waals surface area (Å²) < 4.78 is 0. The molecule has 0 saturated heterocycles. The highest BCUT2D eigenvalue weighted by Crippen LogP contribution is 2.20. The second-order valence-corrected chi connectivity index (χ2v) is 12.2. The maximum absolute atomic E-state index is 11.1. The van der Waals surface area contributed by atoms with Crippen LogP contribution >= 0.6 is 0 Å². The average Bonchev–Trinajstić information content (AvgIpc) is 2.94. The Morgan fingerprint density at radius 3 is 0.725 bits per heavy atom. The summed E-state index contributed by atoms with van der Waals surface area (Å²) in [5.41, 5.74) is 0. The van der Waals surface area contributed by atoms with Crippen molar-refractivity contribution in [1.82, 2.24) is 9.80 Å². The minimum Gasteiger partial charge on any atom is -0.378 e. The Bertz CT molecular complexity index is 426. The van der Waals surface area contributed by atoms with Gasteiger partial charge >= 0.3 is 0 Å². The van der Waals surface area contributed by atoms with Gasteiger partial charge in [-0.25, -0.2) is 0 Å². The van der Waals surface area contributed by atoms with Gasteiger partial charge in [-0.1, -0.05) is 130 Å². The van der Waals surface area contributed by atoms with Crippen LogP contribution < -0.4 is 0 Å². The Balaban J connectivity index is 5.23. The maximum Gasteiger partial charge on any atom is 0.109 e. The van der Waals surface area contributed by atoms with E-state index in [4.69, 9.17) is 0 Å². The largest absolute Gasteiger partial charge is 0.378 e. The number of hydrogen-bond acceptors (Lipinski definition) is 6. The molecule has 0 aliphatic carbocycles. The topological polar surface area (TPSA) is 87.4 Å². The molecule has 4 atom stereocenters. The zero-order chi connectivity index (χ0) is 29.8. The normalized spacial score (nSPS) is 15.2. The van der Waals surface area contributed by atoms with E-state index in [1.54, 1.807) is 0 Å². The van der Waals surface area contributed by atoms with Crippen LogP contribution in [0.4, 0.5) is 0 Å². The Morgan fingerprint density at radius 2 is 0.525 bits per heavy atom. The van der Waals surface area contributed by atoms with Crippen molar-refractivity contribution in [2.75, 3.05) is 13.1 Å². The lowest BCUT2D eigenvalue weighted by Crippen LogP contribution is -2.51. The standard InChI is InChI=1S/C34H72N2O4/c1-5-9-13-17-21-25-31(37)35(32(38)26-22-18-14-10-6-2)29-30-36(33(39)27-23-19-15-11-7-3)34(40)28-24-20-16-12-8-4/h31-34,37-40H,5-30H2,1-4H3. The van der Waals surface area contributed by atoms with E-state index in [1.165, 1.54) is 77.0 Å². The third-order valence-corrected chi connectivity index (χ3v) is 8.41. The van der Waals surface area contributed by atoms with Gasteiger partial charge in [0.05, 0.1) is 0 Å². The Morgan fingerprint density at radius 1 is 0.325 bits per heavy atom. The van der Waals surface area contributed by atoms with Crippen LogP contribution in [0.5, 0.6) is 0 Å². The van der Waals surface area contributed by atoms with Crippen LogP contribution in [0.2, 0.25) is 0 Å². The fourth-order valence-corrected chi connectivity index (χ4v) is 5.61. The molecule has 0 spiro atoms. The van der Waals surface area contributed by atoms with Gasteiger partial charge in [0.1, 0.15) is 24.9 Å². The quantitative estimate of drug-likeness (QED) is 0.0494. The molecule has 0 amide bonds. The highest BCUT2D eigenvalue weighted by atomic mass is 16.3. The summed E-state index contributed by atoms with van der Waals surface area (Å²) in [5.74, 6) is 0.